The minimum atomic E-state index is 0.866. The Morgan fingerprint density at radius 1 is 1.00 bits per heavy atom. The van der Waals surface area contributed by atoms with Crippen molar-refractivity contribution in [3.63, 3.8) is 0 Å². The first kappa shape index (κ1) is 11.5. The molecule has 2 aromatic rings. The summed E-state index contributed by atoms with van der Waals surface area (Å²) in [6.07, 6.45) is 0.954. The molecule has 0 radical (unpaired) electrons. The minimum Gasteiger partial charge on any atom is -0.497 e. The summed E-state index contributed by atoms with van der Waals surface area (Å²) >= 11 is 0. The predicted octanol–water partition coefficient (Wildman–Crippen LogP) is 3.51. The Labute approximate surface area is 102 Å². The first-order chi connectivity index (χ1) is 8.24. The summed E-state index contributed by atoms with van der Waals surface area (Å²) in [4.78, 5) is 0. The van der Waals surface area contributed by atoms with Gasteiger partial charge in [-0.3, -0.25) is 0 Å². The number of methoxy groups -OCH3 is 1. The van der Waals surface area contributed by atoms with E-state index < -0.39 is 0 Å². The van der Waals surface area contributed by atoms with E-state index in [1.807, 2.05) is 18.2 Å². The van der Waals surface area contributed by atoms with Crippen LogP contribution in [0.1, 0.15) is 12.5 Å². The summed E-state index contributed by atoms with van der Waals surface area (Å²) in [5.74, 6) is 0.875. The average Bonchev–Trinajstić information content (AvgIpc) is 2.39. The van der Waals surface area contributed by atoms with Gasteiger partial charge in [-0.05, 0) is 47.4 Å². The van der Waals surface area contributed by atoms with E-state index in [0.717, 1.165) is 17.9 Å². The zero-order valence-corrected chi connectivity index (χ0v) is 10.2. The van der Waals surface area contributed by atoms with Crippen molar-refractivity contribution in [1.29, 1.82) is 0 Å². The number of nitrogens with two attached hydrogens (primary N) is 1. The second kappa shape index (κ2) is 4.91. The van der Waals surface area contributed by atoms with Crippen molar-refractivity contribution in [2.45, 2.75) is 13.3 Å². The monoisotopic (exact) mass is 227 g/mol. The Balaban J connectivity index is 2.38. The fourth-order valence-electron chi connectivity index (χ4n) is 1.87. The van der Waals surface area contributed by atoms with Crippen LogP contribution in [0, 0.1) is 0 Å². The maximum Gasteiger partial charge on any atom is 0.118 e. The van der Waals surface area contributed by atoms with Crippen LogP contribution < -0.4 is 10.5 Å². The van der Waals surface area contributed by atoms with Crippen molar-refractivity contribution in [3.8, 4) is 16.9 Å². The smallest absolute Gasteiger partial charge is 0.118 e. The third-order valence-corrected chi connectivity index (χ3v) is 2.95. The molecule has 0 saturated carbocycles. The van der Waals surface area contributed by atoms with Crippen LogP contribution in [0.4, 0.5) is 5.69 Å². The van der Waals surface area contributed by atoms with E-state index in [9.17, 15) is 0 Å². The molecule has 2 aromatic carbocycles. The maximum absolute atomic E-state index is 5.90. The maximum atomic E-state index is 5.90. The highest BCUT2D eigenvalue weighted by Crippen LogP contribution is 2.25. The Morgan fingerprint density at radius 2 is 1.65 bits per heavy atom. The minimum absolute atomic E-state index is 0.866. The molecule has 0 heterocycles. The van der Waals surface area contributed by atoms with E-state index >= 15 is 0 Å². The number of benzene rings is 2. The first-order valence-electron chi connectivity index (χ1n) is 5.77. The van der Waals surface area contributed by atoms with Crippen LogP contribution in [0.2, 0.25) is 0 Å². The van der Waals surface area contributed by atoms with E-state index in [-0.39, 0.29) is 0 Å². The van der Waals surface area contributed by atoms with E-state index in [1.165, 1.54) is 16.7 Å². The lowest BCUT2D eigenvalue weighted by Crippen LogP contribution is -1.93. The summed E-state index contributed by atoms with van der Waals surface area (Å²) in [6, 6.07) is 14.2. The van der Waals surface area contributed by atoms with Crippen LogP contribution >= 0.6 is 0 Å². The molecular weight excluding hydrogens is 210 g/mol. The zero-order valence-electron chi connectivity index (χ0n) is 10.2. The molecule has 2 rings (SSSR count). The largest absolute Gasteiger partial charge is 0.497 e. The molecule has 0 saturated heterocycles. The van der Waals surface area contributed by atoms with Gasteiger partial charge < -0.3 is 10.5 Å². The molecule has 88 valence electrons. The Hall–Kier alpha value is -1.96. The number of rotatable bonds is 3. The van der Waals surface area contributed by atoms with Crippen molar-refractivity contribution in [3.05, 3.63) is 48.0 Å². The summed E-state index contributed by atoms with van der Waals surface area (Å²) in [5.41, 5.74) is 10.3. The molecule has 2 heteroatoms. The molecule has 2 nitrogen and oxygen atoms in total. The molecule has 0 bridgehead atoms. The quantitative estimate of drug-likeness (QED) is 0.814. The Bertz CT molecular complexity index is 503. The molecular formula is C15H17NO. The lowest BCUT2D eigenvalue weighted by Gasteiger charge is -2.08. The Morgan fingerprint density at radius 3 is 2.24 bits per heavy atom. The third-order valence-electron chi connectivity index (χ3n) is 2.95. The van der Waals surface area contributed by atoms with Crippen molar-refractivity contribution in [2.24, 2.45) is 0 Å². The van der Waals surface area contributed by atoms with Gasteiger partial charge in [-0.15, -0.1) is 0 Å². The van der Waals surface area contributed by atoms with Crippen LogP contribution in [0.5, 0.6) is 5.75 Å². The molecule has 0 aliphatic heterocycles. The van der Waals surface area contributed by atoms with Crippen molar-refractivity contribution < 1.29 is 4.74 Å². The zero-order chi connectivity index (χ0) is 12.3. The van der Waals surface area contributed by atoms with Crippen LogP contribution in [0.3, 0.4) is 0 Å². The molecule has 0 spiro atoms. The molecule has 0 atom stereocenters. The lowest BCUT2D eigenvalue weighted by atomic mass is 10.0. The first-order valence-corrected chi connectivity index (χ1v) is 5.77. The van der Waals surface area contributed by atoms with E-state index in [0.29, 0.717) is 0 Å². The number of aryl methyl sites for hydroxylation is 1. The molecule has 2 N–H and O–H groups in total. The standard InChI is InChI=1S/C15H17NO/c1-3-11-10-13(6-9-15(11)16)12-4-7-14(17-2)8-5-12/h4-10H,3,16H2,1-2H3. The van der Waals surface area contributed by atoms with Gasteiger partial charge in [0.05, 0.1) is 7.11 Å². The van der Waals surface area contributed by atoms with E-state index in [4.69, 9.17) is 10.5 Å². The molecule has 0 aromatic heterocycles. The molecule has 17 heavy (non-hydrogen) atoms. The van der Waals surface area contributed by atoms with E-state index in [2.05, 4.69) is 31.2 Å². The fourth-order valence-corrected chi connectivity index (χ4v) is 1.87. The third kappa shape index (κ3) is 2.41. The lowest BCUT2D eigenvalue weighted by molar-refractivity contribution is 0.415. The summed E-state index contributed by atoms with van der Waals surface area (Å²) in [5, 5.41) is 0. The molecule has 0 unspecified atom stereocenters. The van der Waals surface area contributed by atoms with Crippen molar-refractivity contribution in [1.82, 2.24) is 0 Å². The van der Waals surface area contributed by atoms with E-state index in [1.54, 1.807) is 7.11 Å². The number of ether oxygens (including phenoxy) is 1. The van der Waals surface area contributed by atoms with Crippen LogP contribution in [-0.4, -0.2) is 7.11 Å². The van der Waals surface area contributed by atoms with Gasteiger partial charge in [0.25, 0.3) is 0 Å². The van der Waals surface area contributed by atoms with Crippen LogP contribution in [0.15, 0.2) is 42.5 Å². The van der Waals surface area contributed by atoms with Gasteiger partial charge in [0.1, 0.15) is 5.75 Å². The van der Waals surface area contributed by atoms with Gasteiger partial charge >= 0.3 is 0 Å². The second-order valence-corrected chi connectivity index (χ2v) is 4.00. The predicted molar refractivity (Wildman–Crippen MR) is 72.2 cm³/mol. The fraction of sp³-hybridized carbons (Fsp3) is 0.200. The highest BCUT2D eigenvalue weighted by Gasteiger charge is 2.02. The van der Waals surface area contributed by atoms with Gasteiger partial charge in [0.2, 0.25) is 0 Å². The second-order valence-electron chi connectivity index (χ2n) is 4.00. The summed E-state index contributed by atoms with van der Waals surface area (Å²) < 4.78 is 5.15. The van der Waals surface area contributed by atoms with Gasteiger partial charge in [0.15, 0.2) is 0 Å². The number of hydrogen-bond acceptors (Lipinski definition) is 2. The number of anilines is 1. The average molecular weight is 227 g/mol. The van der Waals surface area contributed by atoms with Crippen molar-refractivity contribution in [2.75, 3.05) is 12.8 Å². The van der Waals surface area contributed by atoms with Gasteiger partial charge in [-0.2, -0.15) is 0 Å². The Kier molecular flexibility index (Phi) is 3.33. The van der Waals surface area contributed by atoms with Gasteiger partial charge in [0, 0.05) is 5.69 Å². The summed E-state index contributed by atoms with van der Waals surface area (Å²) in [7, 11) is 1.67. The molecule has 0 aliphatic carbocycles. The van der Waals surface area contributed by atoms with Gasteiger partial charge in [-0.1, -0.05) is 25.1 Å². The highest BCUT2D eigenvalue weighted by atomic mass is 16.5. The normalized spacial score (nSPS) is 10.2. The van der Waals surface area contributed by atoms with Crippen LogP contribution in [0.25, 0.3) is 11.1 Å². The number of hydrogen-bond donors (Lipinski definition) is 1. The SMILES string of the molecule is CCc1cc(-c2ccc(OC)cc2)ccc1N. The highest BCUT2D eigenvalue weighted by molar-refractivity contribution is 5.68. The molecule has 0 aliphatic rings. The number of nitrogen functional groups attached to an aromatic ring is 1. The van der Waals surface area contributed by atoms with Crippen molar-refractivity contribution >= 4 is 5.69 Å². The topological polar surface area (TPSA) is 35.2 Å². The summed E-state index contributed by atoms with van der Waals surface area (Å²) in [6.45, 7) is 2.11. The van der Waals surface area contributed by atoms with Crippen LogP contribution in [-0.2, 0) is 6.42 Å². The van der Waals surface area contributed by atoms with Gasteiger partial charge in [-0.25, -0.2) is 0 Å². The molecule has 0 fully saturated rings. The molecule has 0 amide bonds.